The van der Waals surface area contributed by atoms with Gasteiger partial charge in [0.05, 0.1) is 7.11 Å². The van der Waals surface area contributed by atoms with Gasteiger partial charge in [0.2, 0.25) is 0 Å². The first-order chi connectivity index (χ1) is 8.81. The maximum atomic E-state index is 5.67. The van der Waals surface area contributed by atoms with Crippen LogP contribution in [0.5, 0.6) is 11.5 Å². The van der Waals surface area contributed by atoms with E-state index in [9.17, 15) is 0 Å². The molecule has 0 spiro atoms. The maximum Gasteiger partial charge on any atom is 0.119 e. The fourth-order valence-electron chi connectivity index (χ4n) is 1.58. The van der Waals surface area contributed by atoms with Gasteiger partial charge in [0.1, 0.15) is 18.1 Å². The van der Waals surface area contributed by atoms with Crippen molar-refractivity contribution in [3.8, 4) is 23.8 Å². The van der Waals surface area contributed by atoms with Crippen molar-refractivity contribution in [3.05, 3.63) is 59.7 Å². The van der Waals surface area contributed by atoms with Crippen molar-refractivity contribution in [2.75, 3.05) is 7.11 Å². The number of rotatable bonds is 4. The molecule has 0 saturated heterocycles. The van der Waals surface area contributed by atoms with Crippen LogP contribution in [-0.2, 0) is 6.61 Å². The third kappa shape index (κ3) is 3.05. The summed E-state index contributed by atoms with van der Waals surface area (Å²) in [5.41, 5.74) is 1.92. The zero-order chi connectivity index (χ0) is 12.8. The number of ether oxygens (including phenoxy) is 2. The van der Waals surface area contributed by atoms with Crippen LogP contribution in [0.25, 0.3) is 0 Å². The van der Waals surface area contributed by atoms with E-state index in [1.54, 1.807) is 7.11 Å². The van der Waals surface area contributed by atoms with Crippen molar-refractivity contribution >= 4 is 0 Å². The molecule has 0 aliphatic rings. The van der Waals surface area contributed by atoms with E-state index in [0.717, 1.165) is 22.6 Å². The molecule has 90 valence electrons. The lowest BCUT2D eigenvalue weighted by Gasteiger charge is -2.07. The van der Waals surface area contributed by atoms with E-state index < -0.39 is 0 Å². The fraction of sp³-hybridized carbons (Fsp3) is 0.125. The van der Waals surface area contributed by atoms with E-state index in [0.29, 0.717) is 6.61 Å². The summed E-state index contributed by atoms with van der Waals surface area (Å²) in [6.07, 6.45) is 5.29. The molecule has 0 fully saturated rings. The first-order valence-electron chi connectivity index (χ1n) is 5.64. The average Bonchev–Trinajstić information content (AvgIpc) is 2.46. The van der Waals surface area contributed by atoms with Crippen LogP contribution in [0.3, 0.4) is 0 Å². The molecule has 2 aromatic rings. The van der Waals surface area contributed by atoms with Gasteiger partial charge in [0.25, 0.3) is 0 Å². The summed E-state index contributed by atoms with van der Waals surface area (Å²) in [6.45, 7) is 0.507. The van der Waals surface area contributed by atoms with E-state index in [-0.39, 0.29) is 0 Å². The third-order valence-electron chi connectivity index (χ3n) is 2.56. The second-order valence-corrected chi connectivity index (χ2v) is 3.81. The molecule has 0 heterocycles. The van der Waals surface area contributed by atoms with Gasteiger partial charge >= 0.3 is 0 Å². The Morgan fingerprint density at radius 2 is 1.83 bits per heavy atom. The van der Waals surface area contributed by atoms with Gasteiger partial charge in [-0.25, -0.2) is 0 Å². The molecule has 0 atom stereocenters. The average molecular weight is 238 g/mol. The molecule has 0 saturated carbocycles. The Bertz CT molecular complexity index is 550. The molecule has 2 rings (SSSR count). The molecular formula is C16H14O2. The molecule has 0 N–H and O–H groups in total. The number of hydrogen-bond acceptors (Lipinski definition) is 2. The summed E-state index contributed by atoms with van der Waals surface area (Å²) in [6, 6.07) is 15.3. The van der Waals surface area contributed by atoms with Crippen molar-refractivity contribution in [1.82, 2.24) is 0 Å². The summed E-state index contributed by atoms with van der Waals surface area (Å²) < 4.78 is 10.8. The fourth-order valence-corrected chi connectivity index (χ4v) is 1.58. The minimum absolute atomic E-state index is 0.507. The van der Waals surface area contributed by atoms with E-state index in [2.05, 4.69) is 5.92 Å². The molecule has 0 amide bonds. The lowest BCUT2D eigenvalue weighted by atomic mass is 10.2. The Kier molecular flexibility index (Phi) is 3.88. The maximum absolute atomic E-state index is 5.67. The summed E-state index contributed by atoms with van der Waals surface area (Å²) >= 11 is 0. The molecule has 0 bridgehead atoms. The van der Waals surface area contributed by atoms with Gasteiger partial charge in [-0.2, -0.15) is 0 Å². The van der Waals surface area contributed by atoms with Gasteiger partial charge in [0.15, 0.2) is 0 Å². The van der Waals surface area contributed by atoms with Gasteiger partial charge in [-0.3, -0.25) is 0 Å². The van der Waals surface area contributed by atoms with Gasteiger partial charge in [-0.1, -0.05) is 18.1 Å². The van der Waals surface area contributed by atoms with E-state index in [1.165, 1.54) is 0 Å². The predicted molar refractivity (Wildman–Crippen MR) is 71.7 cm³/mol. The normalized spacial score (nSPS) is 9.56. The van der Waals surface area contributed by atoms with Crippen LogP contribution in [0.1, 0.15) is 11.1 Å². The van der Waals surface area contributed by atoms with Gasteiger partial charge in [-0.15, -0.1) is 6.42 Å². The third-order valence-corrected chi connectivity index (χ3v) is 2.56. The first kappa shape index (κ1) is 12.1. The van der Waals surface area contributed by atoms with Crippen molar-refractivity contribution in [3.63, 3.8) is 0 Å². The van der Waals surface area contributed by atoms with E-state index >= 15 is 0 Å². The Balaban J connectivity index is 2.00. The highest BCUT2D eigenvalue weighted by Crippen LogP contribution is 2.16. The molecule has 0 radical (unpaired) electrons. The van der Waals surface area contributed by atoms with Gasteiger partial charge in [0, 0.05) is 5.56 Å². The molecule has 2 nitrogen and oxygen atoms in total. The Hall–Kier alpha value is -2.40. The second-order valence-electron chi connectivity index (χ2n) is 3.81. The second kappa shape index (κ2) is 5.79. The number of benzene rings is 2. The molecule has 0 aliphatic heterocycles. The highest BCUT2D eigenvalue weighted by molar-refractivity contribution is 5.37. The molecule has 0 aliphatic carbocycles. The van der Waals surface area contributed by atoms with E-state index in [1.807, 2.05) is 48.5 Å². The molecule has 0 unspecified atom stereocenters. The molecular weight excluding hydrogens is 224 g/mol. The predicted octanol–water partition coefficient (Wildman–Crippen LogP) is 3.26. The summed E-state index contributed by atoms with van der Waals surface area (Å²) in [5, 5.41) is 0. The van der Waals surface area contributed by atoms with Crippen LogP contribution in [0, 0.1) is 12.3 Å². The van der Waals surface area contributed by atoms with Crippen LogP contribution >= 0.6 is 0 Å². The number of hydrogen-bond donors (Lipinski definition) is 0. The smallest absolute Gasteiger partial charge is 0.119 e. The number of terminal acetylenes is 1. The Labute approximate surface area is 107 Å². The lowest BCUT2D eigenvalue weighted by molar-refractivity contribution is 0.305. The van der Waals surface area contributed by atoms with Crippen molar-refractivity contribution in [1.29, 1.82) is 0 Å². The largest absolute Gasteiger partial charge is 0.497 e. The SMILES string of the molecule is C#Cc1ccc(OCc2cccc(OC)c2)cc1. The Morgan fingerprint density at radius 3 is 2.50 bits per heavy atom. The van der Waals surface area contributed by atoms with Crippen molar-refractivity contribution in [2.45, 2.75) is 6.61 Å². The minimum atomic E-state index is 0.507. The molecule has 18 heavy (non-hydrogen) atoms. The van der Waals surface area contributed by atoms with Crippen LogP contribution in [0.15, 0.2) is 48.5 Å². The Morgan fingerprint density at radius 1 is 1.06 bits per heavy atom. The summed E-state index contributed by atoms with van der Waals surface area (Å²) in [7, 11) is 1.65. The first-order valence-corrected chi connectivity index (χ1v) is 5.64. The van der Waals surface area contributed by atoms with Crippen LogP contribution in [0.2, 0.25) is 0 Å². The minimum Gasteiger partial charge on any atom is -0.497 e. The highest BCUT2D eigenvalue weighted by Gasteiger charge is 1.98. The zero-order valence-electron chi connectivity index (χ0n) is 10.2. The topological polar surface area (TPSA) is 18.5 Å². The van der Waals surface area contributed by atoms with Crippen LogP contribution in [-0.4, -0.2) is 7.11 Å². The lowest BCUT2D eigenvalue weighted by Crippen LogP contribution is -1.95. The zero-order valence-corrected chi connectivity index (χ0v) is 10.2. The highest BCUT2D eigenvalue weighted by atomic mass is 16.5. The number of methoxy groups -OCH3 is 1. The van der Waals surface area contributed by atoms with Crippen LogP contribution in [0.4, 0.5) is 0 Å². The van der Waals surface area contributed by atoms with Gasteiger partial charge < -0.3 is 9.47 Å². The van der Waals surface area contributed by atoms with E-state index in [4.69, 9.17) is 15.9 Å². The summed E-state index contributed by atoms with van der Waals surface area (Å²) in [5.74, 6) is 4.21. The van der Waals surface area contributed by atoms with Crippen molar-refractivity contribution < 1.29 is 9.47 Å². The van der Waals surface area contributed by atoms with Gasteiger partial charge in [-0.05, 0) is 42.0 Å². The summed E-state index contributed by atoms with van der Waals surface area (Å²) in [4.78, 5) is 0. The monoisotopic (exact) mass is 238 g/mol. The molecule has 2 heteroatoms. The molecule has 2 aromatic carbocycles. The van der Waals surface area contributed by atoms with Crippen molar-refractivity contribution in [2.24, 2.45) is 0 Å². The molecule has 0 aromatic heterocycles. The van der Waals surface area contributed by atoms with Crippen LogP contribution < -0.4 is 9.47 Å². The standard InChI is InChI=1S/C16H14O2/c1-3-13-7-9-15(10-8-13)18-12-14-5-4-6-16(11-14)17-2/h1,4-11H,12H2,2H3. The quantitative estimate of drug-likeness (QED) is 0.761.